The highest BCUT2D eigenvalue weighted by Crippen LogP contribution is 2.49. The van der Waals surface area contributed by atoms with E-state index in [1.54, 1.807) is 0 Å². The van der Waals surface area contributed by atoms with Crippen molar-refractivity contribution in [1.82, 2.24) is 5.32 Å². The van der Waals surface area contributed by atoms with Gasteiger partial charge in [0.15, 0.2) is 9.84 Å². The first-order valence-corrected chi connectivity index (χ1v) is 9.78. The highest BCUT2D eigenvalue weighted by atomic mass is 32.2. The monoisotopic (exact) mass is 339 g/mol. The van der Waals surface area contributed by atoms with Crippen LogP contribution in [0.1, 0.15) is 32.6 Å². The van der Waals surface area contributed by atoms with Gasteiger partial charge in [0.25, 0.3) is 0 Å². The number of benzene rings is 1. The standard InChI is InChI=1S/C17H22FNO3S/c1-11(14-9-12-6-7-13(14)8-12)19-17(20)10-23(21,22)16-5-3-2-4-15(16)18/h2-5,11-14H,6-10H2,1H3,(H,19,20). The van der Waals surface area contributed by atoms with Crippen molar-refractivity contribution in [3.63, 3.8) is 0 Å². The largest absolute Gasteiger partial charge is 0.352 e. The molecule has 1 aromatic carbocycles. The van der Waals surface area contributed by atoms with Crippen LogP contribution in [0.5, 0.6) is 0 Å². The number of halogens is 1. The van der Waals surface area contributed by atoms with Crippen molar-refractivity contribution < 1.29 is 17.6 Å². The average Bonchev–Trinajstić information content (AvgIpc) is 3.09. The van der Waals surface area contributed by atoms with Crippen LogP contribution >= 0.6 is 0 Å². The Morgan fingerprint density at radius 3 is 2.65 bits per heavy atom. The van der Waals surface area contributed by atoms with Crippen LogP contribution in [0.4, 0.5) is 4.39 Å². The van der Waals surface area contributed by atoms with E-state index in [0.29, 0.717) is 11.8 Å². The number of hydrogen-bond donors (Lipinski definition) is 1. The number of sulfone groups is 1. The van der Waals surface area contributed by atoms with Gasteiger partial charge < -0.3 is 5.32 Å². The van der Waals surface area contributed by atoms with Crippen molar-refractivity contribution in [3.05, 3.63) is 30.1 Å². The highest BCUT2D eigenvalue weighted by Gasteiger charge is 2.42. The van der Waals surface area contributed by atoms with Crippen molar-refractivity contribution in [2.45, 2.75) is 43.5 Å². The van der Waals surface area contributed by atoms with Gasteiger partial charge in [0.1, 0.15) is 16.5 Å². The Morgan fingerprint density at radius 2 is 2.04 bits per heavy atom. The van der Waals surface area contributed by atoms with Gasteiger partial charge in [0, 0.05) is 6.04 Å². The maximum atomic E-state index is 13.6. The molecular weight excluding hydrogens is 317 g/mol. The van der Waals surface area contributed by atoms with E-state index in [0.717, 1.165) is 18.4 Å². The van der Waals surface area contributed by atoms with Gasteiger partial charge in [0.05, 0.1) is 0 Å². The number of hydrogen-bond acceptors (Lipinski definition) is 3. The molecule has 0 saturated heterocycles. The molecule has 1 N–H and O–H groups in total. The topological polar surface area (TPSA) is 63.2 Å². The fraction of sp³-hybridized carbons (Fsp3) is 0.588. The van der Waals surface area contributed by atoms with Gasteiger partial charge in [-0.25, -0.2) is 12.8 Å². The molecule has 126 valence electrons. The molecule has 3 rings (SSSR count). The molecule has 2 aliphatic carbocycles. The number of amides is 1. The molecule has 0 heterocycles. The van der Waals surface area contributed by atoms with Gasteiger partial charge in [-0.15, -0.1) is 0 Å². The first-order chi connectivity index (χ1) is 10.9. The van der Waals surface area contributed by atoms with Crippen LogP contribution in [-0.2, 0) is 14.6 Å². The molecule has 0 spiro atoms. The zero-order chi connectivity index (χ0) is 16.6. The Bertz CT molecular complexity index is 704. The second kappa shape index (κ2) is 6.23. The first kappa shape index (κ1) is 16.4. The smallest absolute Gasteiger partial charge is 0.235 e. The molecule has 4 nitrogen and oxygen atoms in total. The Labute approximate surface area is 136 Å². The molecule has 0 aliphatic heterocycles. The van der Waals surface area contributed by atoms with Crippen LogP contribution in [0.3, 0.4) is 0 Å². The van der Waals surface area contributed by atoms with Crippen LogP contribution < -0.4 is 5.32 Å². The lowest BCUT2D eigenvalue weighted by molar-refractivity contribution is -0.119. The third kappa shape index (κ3) is 3.42. The minimum absolute atomic E-state index is 0.0337. The van der Waals surface area contributed by atoms with Crippen molar-refractivity contribution >= 4 is 15.7 Å². The molecule has 2 aliphatic rings. The van der Waals surface area contributed by atoms with E-state index in [1.165, 1.54) is 37.5 Å². The minimum atomic E-state index is -3.96. The molecule has 1 amide bonds. The van der Waals surface area contributed by atoms with E-state index in [1.807, 2.05) is 6.92 Å². The van der Waals surface area contributed by atoms with E-state index < -0.39 is 32.2 Å². The van der Waals surface area contributed by atoms with E-state index in [2.05, 4.69) is 5.32 Å². The Hall–Kier alpha value is -1.43. The molecular formula is C17H22FNO3S. The molecule has 4 unspecified atom stereocenters. The third-order valence-electron chi connectivity index (χ3n) is 5.32. The maximum Gasteiger partial charge on any atom is 0.235 e. The summed E-state index contributed by atoms with van der Waals surface area (Å²) in [5.74, 6) is -0.220. The van der Waals surface area contributed by atoms with E-state index in [4.69, 9.17) is 0 Å². The summed E-state index contributed by atoms with van der Waals surface area (Å²) >= 11 is 0. The lowest BCUT2D eigenvalue weighted by Gasteiger charge is -2.28. The summed E-state index contributed by atoms with van der Waals surface area (Å²) < 4.78 is 38.0. The number of carbonyl (C=O) groups excluding carboxylic acids is 1. The summed E-state index contributed by atoms with van der Waals surface area (Å²) in [6.45, 7) is 1.94. The molecule has 0 radical (unpaired) electrons. The number of carbonyl (C=O) groups is 1. The summed E-state index contributed by atoms with van der Waals surface area (Å²) in [5, 5.41) is 2.81. The normalized spacial score (nSPS) is 27.8. The molecule has 0 aromatic heterocycles. The zero-order valence-electron chi connectivity index (χ0n) is 13.2. The second-order valence-electron chi connectivity index (χ2n) is 6.88. The molecule has 6 heteroatoms. The lowest BCUT2D eigenvalue weighted by atomic mass is 9.84. The Kier molecular flexibility index (Phi) is 4.45. The van der Waals surface area contributed by atoms with Crippen molar-refractivity contribution in [2.24, 2.45) is 17.8 Å². The number of fused-ring (bicyclic) bond motifs is 2. The van der Waals surface area contributed by atoms with Gasteiger partial charge in [-0.05, 0) is 56.1 Å². The van der Waals surface area contributed by atoms with Crippen LogP contribution in [0.25, 0.3) is 0 Å². The molecule has 1 aromatic rings. The first-order valence-electron chi connectivity index (χ1n) is 8.13. The highest BCUT2D eigenvalue weighted by molar-refractivity contribution is 7.92. The SMILES string of the molecule is CC(NC(=O)CS(=O)(=O)c1ccccc1F)C1CC2CCC1C2. The summed E-state index contributed by atoms with van der Waals surface area (Å²) in [4.78, 5) is 11.7. The number of rotatable bonds is 5. The molecule has 23 heavy (non-hydrogen) atoms. The van der Waals surface area contributed by atoms with Crippen molar-refractivity contribution in [2.75, 3.05) is 5.75 Å². The second-order valence-corrected chi connectivity index (χ2v) is 8.84. The summed E-state index contributed by atoms with van der Waals surface area (Å²) in [5.41, 5.74) is 0. The lowest BCUT2D eigenvalue weighted by Crippen LogP contribution is -2.42. The quantitative estimate of drug-likeness (QED) is 0.897. The Balaban J connectivity index is 1.62. The minimum Gasteiger partial charge on any atom is -0.352 e. The summed E-state index contributed by atoms with van der Waals surface area (Å²) in [6.07, 6.45) is 4.84. The Morgan fingerprint density at radius 1 is 1.30 bits per heavy atom. The summed E-state index contributed by atoms with van der Waals surface area (Å²) in [7, 11) is -3.96. The van der Waals surface area contributed by atoms with Crippen molar-refractivity contribution in [1.29, 1.82) is 0 Å². The predicted molar refractivity (Wildman–Crippen MR) is 85.0 cm³/mol. The maximum absolute atomic E-state index is 13.6. The third-order valence-corrected chi connectivity index (χ3v) is 6.96. The fourth-order valence-electron chi connectivity index (χ4n) is 4.26. The fourth-order valence-corrected chi connectivity index (χ4v) is 5.49. The van der Waals surface area contributed by atoms with Gasteiger partial charge in [-0.2, -0.15) is 0 Å². The zero-order valence-corrected chi connectivity index (χ0v) is 14.0. The van der Waals surface area contributed by atoms with E-state index >= 15 is 0 Å². The molecule has 2 fully saturated rings. The molecule has 2 bridgehead atoms. The van der Waals surface area contributed by atoms with Gasteiger partial charge in [-0.3, -0.25) is 4.79 Å². The van der Waals surface area contributed by atoms with E-state index in [-0.39, 0.29) is 6.04 Å². The van der Waals surface area contributed by atoms with Gasteiger partial charge in [0.2, 0.25) is 5.91 Å². The molecule has 2 saturated carbocycles. The van der Waals surface area contributed by atoms with Crippen LogP contribution in [0.2, 0.25) is 0 Å². The van der Waals surface area contributed by atoms with Crippen molar-refractivity contribution in [3.8, 4) is 0 Å². The predicted octanol–water partition coefficient (Wildman–Crippen LogP) is 2.54. The average molecular weight is 339 g/mol. The van der Waals surface area contributed by atoms with Crippen LogP contribution in [0, 0.1) is 23.6 Å². The van der Waals surface area contributed by atoms with Gasteiger partial charge in [-0.1, -0.05) is 18.6 Å². The molecule has 4 atom stereocenters. The van der Waals surface area contributed by atoms with Gasteiger partial charge >= 0.3 is 0 Å². The number of nitrogens with one attached hydrogen (secondary N) is 1. The van der Waals surface area contributed by atoms with Crippen LogP contribution in [0.15, 0.2) is 29.2 Å². The van der Waals surface area contributed by atoms with E-state index in [9.17, 15) is 17.6 Å². The summed E-state index contributed by atoms with van der Waals surface area (Å²) in [6, 6.07) is 5.12. The van der Waals surface area contributed by atoms with Crippen LogP contribution in [-0.4, -0.2) is 26.1 Å².